The zero-order valence-electron chi connectivity index (χ0n) is 11.2. The number of amides is 2. The third-order valence-corrected chi connectivity index (χ3v) is 4.68. The summed E-state index contributed by atoms with van der Waals surface area (Å²) in [6.45, 7) is 0. The van der Waals surface area contributed by atoms with Crippen molar-refractivity contribution in [3.05, 3.63) is 23.2 Å². The predicted octanol–water partition coefficient (Wildman–Crippen LogP) is 3.14. The van der Waals surface area contributed by atoms with Crippen LogP contribution in [0.2, 0.25) is 5.02 Å². The Bertz CT molecular complexity index is 559. The molecule has 1 saturated heterocycles. The highest BCUT2D eigenvalue weighted by molar-refractivity contribution is 6.31. The summed E-state index contributed by atoms with van der Waals surface area (Å²) in [6, 6.07) is 4.85. The zero-order valence-corrected chi connectivity index (χ0v) is 11.9. The van der Waals surface area contributed by atoms with Gasteiger partial charge in [-0.05, 0) is 36.5 Å². The number of hydrogen-bond acceptors (Lipinski definition) is 3. The van der Waals surface area contributed by atoms with E-state index in [1.165, 1.54) is 4.90 Å². The molecule has 2 aliphatic rings. The number of anilines is 2. The van der Waals surface area contributed by atoms with Crippen LogP contribution in [0.5, 0.6) is 0 Å². The van der Waals surface area contributed by atoms with Gasteiger partial charge in [-0.25, -0.2) is 4.90 Å². The maximum atomic E-state index is 12.4. The molecule has 4 nitrogen and oxygen atoms in total. The molecule has 2 N–H and O–H groups in total. The molecule has 0 bridgehead atoms. The summed E-state index contributed by atoms with van der Waals surface area (Å²) in [7, 11) is 0. The van der Waals surface area contributed by atoms with Gasteiger partial charge in [0.2, 0.25) is 11.8 Å². The number of piperidine rings is 1. The Kier molecular flexibility index (Phi) is 3.21. The van der Waals surface area contributed by atoms with Crippen LogP contribution in [0.25, 0.3) is 0 Å². The van der Waals surface area contributed by atoms with Crippen molar-refractivity contribution in [2.75, 3.05) is 10.6 Å². The van der Waals surface area contributed by atoms with E-state index < -0.39 is 0 Å². The number of imide groups is 1. The minimum atomic E-state index is -0.142. The molecule has 1 heterocycles. The van der Waals surface area contributed by atoms with Gasteiger partial charge in [-0.15, -0.1) is 0 Å². The molecular formula is C15H17ClN2O2. The van der Waals surface area contributed by atoms with Gasteiger partial charge >= 0.3 is 0 Å². The zero-order chi connectivity index (χ0) is 14.3. The van der Waals surface area contributed by atoms with Crippen LogP contribution >= 0.6 is 11.6 Å². The Morgan fingerprint density at radius 2 is 1.70 bits per heavy atom. The number of nitrogens with zero attached hydrogens (tertiary/aromatic N) is 1. The quantitative estimate of drug-likeness (QED) is 0.639. The Hall–Kier alpha value is -1.55. The van der Waals surface area contributed by atoms with E-state index in [2.05, 4.69) is 0 Å². The van der Waals surface area contributed by atoms with Crippen molar-refractivity contribution < 1.29 is 9.59 Å². The lowest BCUT2D eigenvalue weighted by atomic mass is 9.76. The second kappa shape index (κ2) is 4.77. The number of carbonyl (C=O) groups excluding carboxylic acids is 2. The smallest absolute Gasteiger partial charge is 0.234 e. The van der Waals surface area contributed by atoms with Crippen molar-refractivity contribution >= 4 is 34.8 Å². The molecule has 1 aromatic carbocycles. The summed E-state index contributed by atoms with van der Waals surface area (Å²) in [5, 5.41) is 0.496. The number of hydrogen-bond donors (Lipinski definition) is 1. The van der Waals surface area contributed by atoms with E-state index in [-0.39, 0.29) is 17.2 Å². The van der Waals surface area contributed by atoms with Gasteiger partial charge in [0.1, 0.15) is 0 Å². The largest absolute Gasteiger partial charge is 0.397 e. The Balaban J connectivity index is 1.91. The maximum absolute atomic E-state index is 12.4. The lowest BCUT2D eigenvalue weighted by molar-refractivity contribution is -0.133. The fraction of sp³-hybridized carbons (Fsp3) is 0.467. The van der Waals surface area contributed by atoms with Crippen LogP contribution in [0, 0.1) is 5.41 Å². The number of halogens is 1. The highest BCUT2D eigenvalue weighted by Crippen LogP contribution is 2.48. The van der Waals surface area contributed by atoms with Crippen LogP contribution in [0.15, 0.2) is 18.2 Å². The van der Waals surface area contributed by atoms with Gasteiger partial charge in [-0.3, -0.25) is 9.59 Å². The molecule has 20 heavy (non-hydrogen) atoms. The fourth-order valence-corrected chi connectivity index (χ4v) is 3.66. The molecule has 1 spiro atoms. The normalized spacial score (nSPS) is 21.8. The molecule has 1 aliphatic carbocycles. The standard InChI is InChI=1S/C15H17ClN2O2/c16-10-3-4-12(11(17)7-10)18-13(19)8-15(9-14(18)20)5-1-2-6-15/h3-4,7H,1-2,5-6,8-9,17H2. The van der Waals surface area contributed by atoms with Crippen LogP contribution in [-0.2, 0) is 9.59 Å². The molecule has 106 valence electrons. The molecule has 5 heteroatoms. The van der Waals surface area contributed by atoms with Crippen molar-refractivity contribution in [3.8, 4) is 0 Å². The fourth-order valence-electron chi connectivity index (χ4n) is 3.48. The van der Waals surface area contributed by atoms with E-state index in [1.807, 2.05) is 0 Å². The number of benzene rings is 1. The van der Waals surface area contributed by atoms with Crippen molar-refractivity contribution in [2.24, 2.45) is 5.41 Å². The molecule has 1 saturated carbocycles. The van der Waals surface area contributed by atoms with Crippen LogP contribution < -0.4 is 10.6 Å². The molecule has 1 aliphatic heterocycles. The summed E-state index contributed by atoms with van der Waals surface area (Å²) in [6.07, 6.45) is 5.08. The number of carbonyl (C=O) groups is 2. The molecule has 2 fully saturated rings. The molecule has 0 aromatic heterocycles. The van der Waals surface area contributed by atoms with Gasteiger partial charge in [0.15, 0.2) is 0 Å². The first kappa shape index (κ1) is 13.4. The number of nitrogen functional groups attached to an aromatic ring is 1. The Labute approximate surface area is 122 Å². The van der Waals surface area contributed by atoms with Crippen LogP contribution in [-0.4, -0.2) is 11.8 Å². The van der Waals surface area contributed by atoms with Crippen LogP contribution in [0.3, 0.4) is 0 Å². The summed E-state index contributed by atoms with van der Waals surface area (Å²) in [4.78, 5) is 26.1. The van der Waals surface area contributed by atoms with Gasteiger partial charge in [-0.2, -0.15) is 0 Å². The van der Waals surface area contributed by atoms with Crippen molar-refractivity contribution in [2.45, 2.75) is 38.5 Å². The topological polar surface area (TPSA) is 63.4 Å². The van der Waals surface area contributed by atoms with E-state index in [1.54, 1.807) is 18.2 Å². The van der Waals surface area contributed by atoms with E-state index in [0.29, 0.717) is 29.2 Å². The summed E-state index contributed by atoms with van der Waals surface area (Å²) >= 11 is 5.86. The van der Waals surface area contributed by atoms with E-state index >= 15 is 0 Å². The van der Waals surface area contributed by atoms with Gasteiger partial charge < -0.3 is 5.73 Å². The summed E-state index contributed by atoms with van der Waals surface area (Å²) in [5.41, 5.74) is 6.62. The lowest BCUT2D eigenvalue weighted by Gasteiger charge is -2.37. The van der Waals surface area contributed by atoms with E-state index in [4.69, 9.17) is 17.3 Å². The first-order chi connectivity index (χ1) is 9.51. The minimum Gasteiger partial charge on any atom is -0.397 e. The SMILES string of the molecule is Nc1cc(Cl)ccc1N1C(=O)CC2(CCCC2)CC1=O. The van der Waals surface area contributed by atoms with Crippen LogP contribution in [0.1, 0.15) is 38.5 Å². The number of nitrogens with two attached hydrogens (primary N) is 1. The molecule has 0 unspecified atom stereocenters. The van der Waals surface area contributed by atoms with E-state index in [9.17, 15) is 9.59 Å². The second-order valence-electron chi connectivity index (χ2n) is 5.89. The molecular weight excluding hydrogens is 276 g/mol. The molecule has 1 aromatic rings. The lowest BCUT2D eigenvalue weighted by Crippen LogP contribution is -2.47. The monoisotopic (exact) mass is 292 g/mol. The van der Waals surface area contributed by atoms with E-state index in [0.717, 1.165) is 25.7 Å². The average Bonchev–Trinajstić information content (AvgIpc) is 2.79. The van der Waals surface area contributed by atoms with Gasteiger partial charge in [-0.1, -0.05) is 24.4 Å². The predicted molar refractivity (Wildman–Crippen MR) is 78.5 cm³/mol. The van der Waals surface area contributed by atoms with Gasteiger partial charge in [0.25, 0.3) is 0 Å². The van der Waals surface area contributed by atoms with Crippen LogP contribution in [0.4, 0.5) is 11.4 Å². The molecule has 0 atom stereocenters. The molecule has 0 radical (unpaired) electrons. The minimum absolute atomic E-state index is 0.0914. The Morgan fingerprint density at radius 3 is 2.25 bits per heavy atom. The van der Waals surface area contributed by atoms with Crippen molar-refractivity contribution in [1.82, 2.24) is 0 Å². The first-order valence-corrected chi connectivity index (χ1v) is 7.29. The highest BCUT2D eigenvalue weighted by Gasteiger charge is 2.45. The molecule has 3 rings (SSSR count). The maximum Gasteiger partial charge on any atom is 0.234 e. The third kappa shape index (κ3) is 2.18. The Morgan fingerprint density at radius 1 is 1.10 bits per heavy atom. The second-order valence-corrected chi connectivity index (χ2v) is 6.32. The van der Waals surface area contributed by atoms with Crippen molar-refractivity contribution in [3.63, 3.8) is 0 Å². The average molecular weight is 293 g/mol. The number of rotatable bonds is 1. The van der Waals surface area contributed by atoms with Crippen molar-refractivity contribution in [1.29, 1.82) is 0 Å². The first-order valence-electron chi connectivity index (χ1n) is 6.92. The summed E-state index contributed by atoms with van der Waals surface area (Å²) in [5.74, 6) is -0.283. The molecule has 2 amide bonds. The highest BCUT2D eigenvalue weighted by atomic mass is 35.5. The van der Waals surface area contributed by atoms with Gasteiger partial charge in [0.05, 0.1) is 11.4 Å². The van der Waals surface area contributed by atoms with Gasteiger partial charge in [0, 0.05) is 17.9 Å². The summed E-state index contributed by atoms with van der Waals surface area (Å²) < 4.78 is 0. The third-order valence-electron chi connectivity index (χ3n) is 4.45.